The zero-order valence-corrected chi connectivity index (χ0v) is 9.58. The fraction of sp³-hybridized carbons (Fsp3) is 0.364. The van der Waals surface area contributed by atoms with Gasteiger partial charge in [-0.15, -0.1) is 0 Å². The van der Waals surface area contributed by atoms with Crippen molar-refractivity contribution in [2.45, 2.75) is 30.4 Å². The van der Waals surface area contributed by atoms with Crippen molar-refractivity contribution in [2.75, 3.05) is 0 Å². The summed E-state index contributed by atoms with van der Waals surface area (Å²) >= 11 is 0. The Kier molecular flexibility index (Phi) is 3.48. The third-order valence-corrected chi connectivity index (χ3v) is 4.36. The van der Waals surface area contributed by atoms with Crippen LogP contribution in [0.1, 0.15) is 18.9 Å². The summed E-state index contributed by atoms with van der Waals surface area (Å²) in [6.07, 6.45) is 0.0241. The average molecular weight is 223 g/mol. The van der Waals surface area contributed by atoms with Gasteiger partial charge < -0.3 is 0 Å². The van der Waals surface area contributed by atoms with E-state index in [0.717, 1.165) is 5.56 Å². The molecule has 0 fully saturated rings. The number of hydrogen-bond donors (Lipinski definition) is 0. The van der Waals surface area contributed by atoms with Crippen LogP contribution in [0.5, 0.6) is 0 Å². The SMILES string of the molecule is Cc1cccc(S(=O)(=O)C(C)CC#N)c1. The Balaban J connectivity index is 3.13. The maximum atomic E-state index is 11.9. The van der Waals surface area contributed by atoms with Crippen LogP contribution in [0.2, 0.25) is 0 Å². The van der Waals surface area contributed by atoms with E-state index in [4.69, 9.17) is 5.26 Å². The van der Waals surface area contributed by atoms with Crippen LogP contribution in [-0.2, 0) is 9.84 Å². The molecule has 1 aromatic rings. The smallest absolute Gasteiger partial charge is 0.181 e. The molecule has 80 valence electrons. The van der Waals surface area contributed by atoms with Crippen molar-refractivity contribution in [2.24, 2.45) is 0 Å². The maximum Gasteiger partial charge on any atom is 0.181 e. The van der Waals surface area contributed by atoms with Crippen LogP contribution < -0.4 is 0 Å². The van der Waals surface area contributed by atoms with Crippen molar-refractivity contribution in [3.05, 3.63) is 29.8 Å². The molecular formula is C11H13NO2S. The van der Waals surface area contributed by atoms with Gasteiger partial charge in [-0.3, -0.25) is 0 Å². The highest BCUT2D eigenvalue weighted by Gasteiger charge is 2.22. The van der Waals surface area contributed by atoms with Gasteiger partial charge in [0.05, 0.1) is 22.6 Å². The van der Waals surface area contributed by atoms with Gasteiger partial charge in [0.15, 0.2) is 9.84 Å². The molecule has 0 spiro atoms. The summed E-state index contributed by atoms with van der Waals surface area (Å²) in [6, 6.07) is 8.62. The minimum atomic E-state index is -3.35. The number of rotatable bonds is 3. The summed E-state index contributed by atoms with van der Waals surface area (Å²) < 4.78 is 23.8. The van der Waals surface area contributed by atoms with Crippen LogP contribution in [0.15, 0.2) is 29.2 Å². The van der Waals surface area contributed by atoms with E-state index < -0.39 is 15.1 Å². The predicted octanol–water partition coefficient (Wildman–Crippen LogP) is 2.07. The predicted molar refractivity (Wildman–Crippen MR) is 58.1 cm³/mol. The van der Waals surface area contributed by atoms with Crippen molar-refractivity contribution >= 4 is 9.84 Å². The Bertz CT molecular complexity index is 486. The van der Waals surface area contributed by atoms with E-state index in [1.165, 1.54) is 0 Å². The normalized spacial score (nSPS) is 13.1. The van der Waals surface area contributed by atoms with Crippen LogP contribution >= 0.6 is 0 Å². The first-order chi connectivity index (χ1) is 6.98. The van der Waals surface area contributed by atoms with Gasteiger partial charge in [0.1, 0.15) is 0 Å². The lowest BCUT2D eigenvalue weighted by atomic mass is 10.2. The molecule has 0 saturated heterocycles. The van der Waals surface area contributed by atoms with Crippen molar-refractivity contribution in [1.29, 1.82) is 5.26 Å². The molecule has 0 saturated carbocycles. The van der Waals surface area contributed by atoms with Gasteiger partial charge >= 0.3 is 0 Å². The Labute approximate surface area is 90.3 Å². The minimum Gasteiger partial charge on any atom is -0.223 e. The molecule has 0 amide bonds. The fourth-order valence-electron chi connectivity index (χ4n) is 1.26. The number of benzene rings is 1. The highest BCUT2D eigenvalue weighted by Crippen LogP contribution is 2.18. The molecule has 0 radical (unpaired) electrons. The Morgan fingerprint density at radius 3 is 2.67 bits per heavy atom. The Morgan fingerprint density at radius 1 is 1.47 bits per heavy atom. The standard InChI is InChI=1S/C11H13NO2S/c1-9-4-3-5-11(8-9)15(13,14)10(2)6-7-12/h3-5,8,10H,6H2,1-2H3. The first-order valence-corrected chi connectivity index (χ1v) is 6.20. The zero-order chi connectivity index (χ0) is 11.5. The molecule has 3 nitrogen and oxygen atoms in total. The lowest BCUT2D eigenvalue weighted by Gasteiger charge is -2.09. The number of sulfone groups is 1. The molecular weight excluding hydrogens is 210 g/mol. The maximum absolute atomic E-state index is 11.9. The highest BCUT2D eigenvalue weighted by molar-refractivity contribution is 7.92. The second kappa shape index (κ2) is 4.45. The van der Waals surface area contributed by atoms with Crippen LogP contribution in [0, 0.1) is 18.3 Å². The van der Waals surface area contributed by atoms with Gasteiger partial charge in [-0.2, -0.15) is 5.26 Å². The van der Waals surface area contributed by atoms with E-state index in [-0.39, 0.29) is 6.42 Å². The third-order valence-electron chi connectivity index (χ3n) is 2.23. The summed E-state index contributed by atoms with van der Waals surface area (Å²) in [5.41, 5.74) is 0.903. The Morgan fingerprint density at radius 2 is 2.13 bits per heavy atom. The molecule has 0 N–H and O–H groups in total. The molecule has 1 atom stereocenters. The molecule has 1 aromatic carbocycles. The molecule has 0 aliphatic heterocycles. The lowest BCUT2D eigenvalue weighted by molar-refractivity contribution is 0.584. The second-order valence-corrected chi connectivity index (χ2v) is 5.90. The van der Waals surface area contributed by atoms with E-state index in [0.29, 0.717) is 4.90 Å². The van der Waals surface area contributed by atoms with E-state index in [9.17, 15) is 8.42 Å². The zero-order valence-electron chi connectivity index (χ0n) is 8.77. The fourth-order valence-corrected chi connectivity index (χ4v) is 2.64. The molecule has 4 heteroatoms. The van der Waals surface area contributed by atoms with Crippen molar-refractivity contribution in [1.82, 2.24) is 0 Å². The van der Waals surface area contributed by atoms with Gasteiger partial charge in [0.25, 0.3) is 0 Å². The quantitative estimate of drug-likeness (QED) is 0.788. The van der Waals surface area contributed by atoms with Crippen LogP contribution in [0.25, 0.3) is 0 Å². The average Bonchev–Trinajstić information content (AvgIpc) is 2.18. The van der Waals surface area contributed by atoms with Gasteiger partial charge in [-0.1, -0.05) is 12.1 Å². The van der Waals surface area contributed by atoms with Gasteiger partial charge in [0.2, 0.25) is 0 Å². The summed E-state index contributed by atoms with van der Waals surface area (Å²) in [4.78, 5) is 0.297. The summed E-state index contributed by atoms with van der Waals surface area (Å²) in [7, 11) is -3.35. The highest BCUT2D eigenvalue weighted by atomic mass is 32.2. The number of hydrogen-bond acceptors (Lipinski definition) is 3. The molecule has 0 aromatic heterocycles. The van der Waals surface area contributed by atoms with Gasteiger partial charge in [-0.05, 0) is 31.5 Å². The Hall–Kier alpha value is -1.34. The summed E-state index contributed by atoms with van der Waals surface area (Å²) in [6.45, 7) is 3.40. The van der Waals surface area contributed by atoms with Gasteiger partial charge in [0, 0.05) is 0 Å². The third kappa shape index (κ3) is 2.57. The van der Waals surface area contributed by atoms with E-state index in [2.05, 4.69) is 0 Å². The first kappa shape index (κ1) is 11.7. The van der Waals surface area contributed by atoms with Crippen molar-refractivity contribution < 1.29 is 8.42 Å². The van der Waals surface area contributed by atoms with Crippen LogP contribution in [0.4, 0.5) is 0 Å². The molecule has 1 rings (SSSR count). The summed E-state index contributed by atoms with van der Waals surface area (Å²) in [5.74, 6) is 0. The van der Waals surface area contributed by atoms with Crippen molar-refractivity contribution in [3.63, 3.8) is 0 Å². The molecule has 15 heavy (non-hydrogen) atoms. The number of nitrogens with zero attached hydrogens (tertiary/aromatic N) is 1. The molecule has 0 aliphatic rings. The first-order valence-electron chi connectivity index (χ1n) is 4.66. The van der Waals surface area contributed by atoms with Gasteiger partial charge in [-0.25, -0.2) is 8.42 Å². The van der Waals surface area contributed by atoms with E-state index in [1.807, 2.05) is 19.1 Å². The lowest BCUT2D eigenvalue weighted by Crippen LogP contribution is -2.17. The van der Waals surface area contributed by atoms with E-state index in [1.54, 1.807) is 25.1 Å². The molecule has 1 unspecified atom stereocenters. The number of aryl methyl sites for hydroxylation is 1. The molecule has 0 bridgehead atoms. The van der Waals surface area contributed by atoms with Crippen molar-refractivity contribution in [3.8, 4) is 6.07 Å². The number of nitriles is 1. The topological polar surface area (TPSA) is 57.9 Å². The molecule has 0 aliphatic carbocycles. The monoisotopic (exact) mass is 223 g/mol. The van der Waals surface area contributed by atoms with Crippen LogP contribution in [0.3, 0.4) is 0 Å². The van der Waals surface area contributed by atoms with Crippen LogP contribution in [-0.4, -0.2) is 13.7 Å². The van der Waals surface area contributed by atoms with E-state index >= 15 is 0 Å². The molecule has 0 heterocycles. The summed E-state index contributed by atoms with van der Waals surface area (Å²) in [5, 5.41) is 7.84. The minimum absolute atomic E-state index is 0.0241. The largest absolute Gasteiger partial charge is 0.223 e. The second-order valence-electron chi connectivity index (χ2n) is 3.53.